The second-order valence-electron chi connectivity index (χ2n) is 3.06. The number of hydrogen-bond acceptors (Lipinski definition) is 5. The molecular weight excluding hydrogens is 206 g/mol. The van der Waals surface area contributed by atoms with Crippen LogP contribution in [0.2, 0.25) is 0 Å². The molecule has 2 N–H and O–H groups in total. The van der Waals surface area contributed by atoms with Crippen LogP contribution in [0.5, 0.6) is 11.5 Å². The Morgan fingerprint density at radius 1 is 0.938 bits per heavy atom. The van der Waals surface area contributed by atoms with Crippen molar-refractivity contribution in [2.75, 3.05) is 0 Å². The van der Waals surface area contributed by atoms with Crippen LogP contribution in [0.4, 0.5) is 11.5 Å². The fraction of sp³-hybridized carbons (Fsp3) is 0. The normalized spacial score (nSPS) is 10.8. The maximum Gasteiger partial charge on any atom is 0.174 e. The summed E-state index contributed by atoms with van der Waals surface area (Å²) in [5.41, 5.74) is 0.373. The van der Waals surface area contributed by atoms with Crippen LogP contribution < -0.4 is 0 Å². The first-order valence-corrected chi connectivity index (χ1v) is 4.60. The third kappa shape index (κ3) is 2.33. The second-order valence-corrected chi connectivity index (χ2v) is 3.06. The van der Waals surface area contributed by atoms with Gasteiger partial charge in [0.05, 0.1) is 6.20 Å². The van der Waals surface area contributed by atoms with Crippen molar-refractivity contribution in [2.24, 2.45) is 10.2 Å². The van der Waals surface area contributed by atoms with Gasteiger partial charge in [-0.1, -0.05) is 12.1 Å². The molecule has 0 aliphatic heterocycles. The number of aromatic hydroxyl groups is 2. The number of nitrogens with zero attached hydrogens (tertiary/aromatic N) is 3. The van der Waals surface area contributed by atoms with E-state index in [0.29, 0.717) is 11.5 Å². The molecule has 0 saturated heterocycles. The molecule has 0 spiro atoms. The van der Waals surface area contributed by atoms with Crippen molar-refractivity contribution in [1.29, 1.82) is 0 Å². The van der Waals surface area contributed by atoms with Gasteiger partial charge >= 0.3 is 0 Å². The SMILES string of the molecule is Oc1ccc(/N=N/c2ccccc2O)nc1. The molecule has 1 heterocycles. The van der Waals surface area contributed by atoms with Gasteiger partial charge < -0.3 is 10.2 Å². The van der Waals surface area contributed by atoms with Crippen LogP contribution in [-0.2, 0) is 0 Å². The zero-order valence-electron chi connectivity index (χ0n) is 8.28. The van der Waals surface area contributed by atoms with E-state index >= 15 is 0 Å². The zero-order valence-corrected chi connectivity index (χ0v) is 8.28. The molecule has 0 aliphatic rings. The van der Waals surface area contributed by atoms with E-state index in [1.165, 1.54) is 24.4 Å². The number of azo groups is 1. The molecule has 0 fully saturated rings. The molecule has 0 amide bonds. The van der Waals surface area contributed by atoms with Gasteiger partial charge in [-0.05, 0) is 24.3 Å². The molecular formula is C11H9N3O2. The predicted molar refractivity (Wildman–Crippen MR) is 58.2 cm³/mol. The molecule has 80 valence electrons. The number of benzene rings is 1. The molecule has 0 unspecified atom stereocenters. The third-order valence-corrected chi connectivity index (χ3v) is 1.87. The van der Waals surface area contributed by atoms with E-state index in [2.05, 4.69) is 15.2 Å². The monoisotopic (exact) mass is 215 g/mol. The van der Waals surface area contributed by atoms with Gasteiger partial charge in [-0.15, -0.1) is 10.2 Å². The fourth-order valence-corrected chi connectivity index (χ4v) is 1.09. The van der Waals surface area contributed by atoms with E-state index in [0.717, 1.165) is 0 Å². The quantitative estimate of drug-likeness (QED) is 0.756. The standard InChI is InChI=1S/C11H9N3O2/c15-8-5-6-11(12-7-8)14-13-9-3-1-2-4-10(9)16/h1-7,15-16H/b14-13+. The Balaban J connectivity index is 2.21. The van der Waals surface area contributed by atoms with Crippen molar-refractivity contribution in [2.45, 2.75) is 0 Å². The van der Waals surface area contributed by atoms with E-state index in [-0.39, 0.29) is 11.5 Å². The lowest BCUT2D eigenvalue weighted by Gasteiger charge is -1.95. The van der Waals surface area contributed by atoms with Crippen LogP contribution in [0.1, 0.15) is 0 Å². The van der Waals surface area contributed by atoms with Crippen LogP contribution in [-0.4, -0.2) is 15.2 Å². The lowest BCUT2D eigenvalue weighted by atomic mass is 10.3. The number of phenols is 1. The molecule has 0 radical (unpaired) electrons. The number of phenolic OH excluding ortho intramolecular Hbond substituents is 1. The van der Waals surface area contributed by atoms with Gasteiger partial charge in [-0.3, -0.25) is 0 Å². The van der Waals surface area contributed by atoms with Crippen LogP contribution >= 0.6 is 0 Å². The summed E-state index contributed by atoms with van der Waals surface area (Å²) in [4.78, 5) is 3.83. The maximum atomic E-state index is 9.42. The van der Waals surface area contributed by atoms with Crippen molar-refractivity contribution in [3.63, 3.8) is 0 Å². The number of aromatic nitrogens is 1. The number of hydrogen-bond donors (Lipinski definition) is 2. The van der Waals surface area contributed by atoms with Crippen molar-refractivity contribution in [1.82, 2.24) is 4.98 Å². The van der Waals surface area contributed by atoms with Crippen molar-refractivity contribution in [3.05, 3.63) is 42.6 Å². The molecule has 2 rings (SSSR count). The molecule has 1 aromatic heterocycles. The highest BCUT2D eigenvalue weighted by Crippen LogP contribution is 2.26. The smallest absolute Gasteiger partial charge is 0.174 e. The van der Waals surface area contributed by atoms with Crippen molar-refractivity contribution < 1.29 is 10.2 Å². The Morgan fingerprint density at radius 2 is 1.75 bits per heavy atom. The number of para-hydroxylation sites is 1. The molecule has 0 bridgehead atoms. The lowest BCUT2D eigenvalue weighted by molar-refractivity contribution is 0.472. The summed E-state index contributed by atoms with van der Waals surface area (Å²) in [5, 5.41) is 26.1. The molecule has 0 saturated carbocycles. The summed E-state index contributed by atoms with van der Waals surface area (Å²) >= 11 is 0. The third-order valence-electron chi connectivity index (χ3n) is 1.87. The Bertz CT molecular complexity index is 509. The topological polar surface area (TPSA) is 78.1 Å². The van der Waals surface area contributed by atoms with E-state index in [1.807, 2.05) is 0 Å². The van der Waals surface area contributed by atoms with Crippen molar-refractivity contribution >= 4 is 11.5 Å². The maximum absolute atomic E-state index is 9.42. The first-order chi connectivity index (χ1) is 7.75. The Morgan fingerprint density at radius 3 is 2.44 bits per heavy atom. The summed E-state index contributed by atoms with van der Waals surface area (Å²) in [5.74, 6) is 0.493. The fourth-order valence-electron chi connectivity index (χ4n) is 1.09. The molecule has 5 nitrogen and oxygen atoms in total. The molecule has 0 atom stereocenters. The highest BCUT2D eigenvalue weighted by molar-refractivity contribution is 5.50. The van der Waals surface area contributed by atoms with Crippen LogP contribution in [0.15, 0.2) is 52.8 Å². The molecule has 1 aromatic carbocycles. The van der Waals surface area contributed by atoms with Crippen LogP contribution in [0.25, 0.3) is 0 Å². The summed E-state index contributed by atoms with van der Waals surface area (Å²) < 4.78 is 0. The minimum atomic E-state index is 0.0602. The highest BCUT2D eigenvalue weighted by Gasteiger charge is 1.97. The average Bonchev–Trinajstić information content (AvgIpc) is 2.30. The van der Waals surface area contributed by atoms with E-state index in [1.54, 1.807) is 18.2 Å². The van der Waals surface area contributed by atoms with Crippen LogP contribution in [0, 0.1) is 0 Å². The summed E-state index contributed by atoms with van der Waals surface area (Å²) in [7, 11) is 0. The van der Waals surface area contributed by atoms with Crippen LogP contribution in [0.3, 0.4) is 0 Å². The largest absolute Gasteiger partial charge is 0.506 e. The Kier molecular flexibility index (Phi) is 2.77. The van der Waals surface area contributed by atoms with Gasteiger partial charge in [0.25, 0.3) is 0 Å². The first-order valence-electron chi connectivity index (χ1n) is 4.60. The molecule has 0 aliphatic carbocycles. The van der Waals surface area contributed by atoms with Gasteiger partial charge in [-0.25, -0.2) is 4.98 Å². The summed E-state index contributed by atoms with van der Waals surface area (Å²) in [6, 6.07) is 9.61. The first kappa shape index (κ1) is 10.1. The summed E-state index contributed by atoms with van der Waals surface area (Å²) in [6.07, 6.45) is 1.28. The number of pyridine rings is 1. The van der Waals surface area contributed by atoms with E-state index < -0.39 is 0 Å². The Hall–Kier alpha value is -2.43. The van der Waals surface area contributed by atoms with Gasteiger partial charge in [-0.2, -0.15) is 0 Å². The Labute approximate surface area is 91.7 Å². The molecule has 16 heavy (non-hydrogen) atoms. The van der Waals surface area contributed by atoms with Gasteiger partial charge in [0.2, 0.25) is 0 Å². The van der Waals surface area contributed by atoms with E-state index in [9.17, 15) is 5.11 Å². The predicted octanol–water partition coefficient (Wildman–Crippen LogP) is 2.91. The minimum Gasteiger partial charge on any atom is -0.506 e. The lowest BCUT2D eigenvalue weighted by Crippen LogP contribution is -1.71. The highest BCUT2D eigenvalue weighted by atomic mass is 16.3. The summed E-state index contributed by atoms with van der Waals surface area (Å²) in [6.45, 7) is 0. The molecule has 5 heteroatoms. The average molecular weight is 215 g/mol. The molecule has 2 aromatic rings. The minimum absolute atomic E-state index is 0.0602. The van der Waals surface area contributed by atoms with Gasteiger partial charge in [0, 0.05) is 0 Å². The number of rotatable bonds is 2. The van der Waals surface area contributed by atoms with Gasteiger partial charge in [0.1, 0.15) is 17.2 Å². The van der Waals surface area contributed by atoms with Gasteiger partial charge in [0.15, 0.2) is 5.82 Å². The van der Waals surface area contributed by atoms with Crippen molar-refractivity contribution in [3.8, 4) is 11.5 Å². The van der Waals surface area contributed by atoms with E-state index in [4.69, 9.17) is 5.11 Å². The second kappa shape index (κ2) is 4.39. The zero-order chi connectivity index (χ0) is 11.4.